The van der Waals surface area contributed by atoms with Gasteiger partial charge in [-0.25, -0.2) is 0 Å². The number of nitrogens with zero attached hydrogens (tertiary/aromatic N) is 1. The fourth-order valence-corrected chi connectivity index (χ4v) is 4.01. The number of hydrogen-bond donors (Lipinski definition) is 4. The Balaban J connectivity index is 1.29. The number of amidine groups is 1. The summed E-state index contributed by atoms with van der Waals surface area (Å²) in [5.41, 5.74) is 13.0. The first-order valence-electron chi connectivity index (χ1n) is 10.8. The van der Waals surface area contributed by atoms with Crippen LogP contribution in [0.15, 0.2) is 60.7 Å². The van der Waals surface area contributed by atoms with Gasteiger partial charge in [-0.3, -0.25) is 19.9 Å². The number of benzene rings is 3. The molecule has 1 aliphatic heterocycles. The number of likely N-dealkylation sites (tertiary alicyclic amines) is 1. The number of fused-ring (bicyclic) bond motifs is 1. The van der Waals surface area contributed by atoms with Crippen molar-refractivity contribution in [3.8, 4) is 5.75 Å². The van der Waals surface area contributed by atoms with Crippen LogP contribution in [0.4, 0.5) is 5.69 Å². The standard InChI is InChI=1S/C25H27N5O3/c26-23(27)18-4-3-17-2-1-16(13-19(17)14-18)15-30-11-9-22(10-12-30)33-21-7-5-20(6-8-21)29-25(32)24(28)31/h1-8,13-14,22H,9-12,15H2,(H3,26,27)(H2,28,31)(H,29,32). The second-order valence-electron chi connectivity index (χ2n) is 8.25. The number of hydrogen-bond acceptors (Lipinski definition) is 5. The summed E-state index contributed by atoms with van der Waals surface area (Å²) >= 11 is 0. The smallest absolute Gasteiger partial charge is 0.313 e. The van der Waals surface area contributed by atoms with Crippen LogP contribution in [0.1, 0.15) is 24.0 Å². The SMILES string of the molecule is N=C(N)c1ccc2ccc(CN3CCC(Oc4ccc(NC(=O)C(N)=O)cc4)CC3)cc2c1. The molecule has 1 aliphatic rings. The zero-order valence-corrected chi connectivity index (χ0v) is 18.2. The third-order valence-electron chi connectivity index (χ3n) is 5.80. The van der Waals surface area contributed by atoms with Gasteiger partial charge in [0.25, 0.3) is 0 Å². The summed E-state index contributed by atoms with van der Waals surface area (Å²) in [7, 11) is 0. The third-order valence-corrected chi connectivity index (χ3v) is 5.80. The Morgan fingerprint density at radius 2 is 1.67 bits per heavy atom. The molecule has 8 nitrogen and oxygen atoms in total. The summed E-state index contributed by atoms with van der Waals surface area (Å²) in [6.45, 7) is 2.73. The van der Waals surface area contributed by atoms with Gasteiger partial charge in [-0.05, 0) is 65.6 Å². The minimum Gasteiger partial charge on any atom is -0.490 e. The molecule has 0 spiro atoms. The molecule has 170 valence electrons. The van der Waals surface area contributed by atoms with Gasteiger partial charge in [-0.1, -0.05) is 24.3 Å². The van der Waals surface area contributed by atoms with E-state index in [0.717, 1.165) is 54.6 Å². The lowest BCUT2D eigenvalue weighted by atomic mass is 10.0. The normalized spacial score (nSPS) is 14.7. The van der Waals surface area contributed by atoms with Crippen molar-refractivity contribution in [2.24, 2.45) is 11.5 Å². The fourth-order valence-electron chi connectivity index (χ4n) is 4.01. The maximum absolute atomic E-state index is 11.3. The molecule has 0 radical (unpaired) electrons. The van der Waals surface area contributed by atoms with Crippen LogP contribution >= 0.6 is 0 Å². The number of primary amides is 1. The molecule has 0 aromatic heterocycles. The summed E-state index contributed by atoms with van der Waals surface area (Å²) in [4.78, 5) is 24.6. The highest BCUT2D eigenvalue weighted by Crippen LogP contribution is 2.23. The van der Waals surface area contributed by atoms with E-state index in [1.165, 1.54) is 5.56 Å². The average molecular weight is 446 g/mol. The molecule has 8 heteroatoms. The van der Waals surface area contributed by atoms with E-state index in [2.05, 4.69) is 28.4 Å². The number of nitrogens with one attached hydrogen (secondary N) is 2. The van der Waals surface area contributed by atoms with Crippen LogP contribution in [0.3, 0.4) is 0 Å². The molecule has 3 aromatic rings. The van der Waals surface area contributed by atoms with E-state index < -0.39 is 11.8 Å². The Kier molecular flexibility index (Phi) is 6.55. The number of anilines is 1. The van der Waals surface area contributed by atoms with Gasteiger partial charge in [-0.15, -0.1) is 0 Å². The number of carbonyl (C=O) groups is 2. The Labute approximate surface area is 192 Å². The molecule has 3 aromatic carbocycles. The number of rotatable bonds is 6. The molecule has 0 aliphatic carbocycles. The monoisotopic (exact) mass is 445 g/mol. The molecule has 4 rings (SSSR count). The lowest BCUT2D eigenvalue weighted by Crippen LogP contribution is -2.37. The average Bonchev–Trinajstić information content (AvgIpc) is 2.81. The van der Waals surface area contributed by atoms with Gasteiger partial charge in [0.15, 0.2) is 0 Å². The molecular weight excluding hydrogens is 418 g/mol. The lowest BCUT2D eigenvalue weighted by Gasteiger charge is -2.32. The second-order valence-corrected chi connectivity index (χ2v) is 8.25. The molecule has 1 saturated heterocycles. The highest BCUT2D eigenvalue weighted by molar-refractivity contribution is 6.39. The van der Waals surface area contributed by atoms with E-state index in [-0.39, 0.29) is 11.9 Å². The van der Waals surface area contributed by atoms with Gasteiger partial charge in [0.05, 0.1) is 0 Å². The third kappa shape index (κ3) is 5.67. The molecule has 2 amide bonds. The van der Waals surface area contributed by atoms with E-state index in [1.807, 2.05) is 18.2 Å². The van der Waals surface area contributed by atoms with Crippen molar-refractivity contribution in [1.82, 2.24) is 4.90 Å². The van der Waals surface area contributed by atoms with Gasteiger partial charge in [0, 0.05) is 30.9 Å². The highest BCUT2D eigenvalue weighted by Gasteiger charge is 2.21. The predicted molar refractivity (Wildman–Crippen MR) is 128 cm³/mol. The van der Waals surface area contributed by atoms with E-state index in [1.54, 1.807) is 24.3 Å². The topological polar surface area (TPSA) is 135 Å². The maximum Gasteiger partial charge on any atom is 0.313 e. The number of amides is 2. The van der Waals surface area contributed by atoms with Crippen molar-refractivity contribution in [3.05, 3.63) is 71.8 Å². The number of carbonyl (C=O) groups excluding carboxylic acids is 2. The van der Waals surface area contributed by atoms with Crippen LogP contribution in [0.5, 0.6) is 5.75 Å². The molecule has 1 heterocycles. The Morgan fingerprint density at radius 3 is 2.33 bits per heavy atom. The van der Waals surface area contributed by atoms with Gasteiger partial charge in [-0.2, -0.15) is 0 Å². The first-order chi connectivity index (χ1) is 15.9. The van der Waals surface area contributed by atoms with Crippen LogP contribution in [0.2, 0.25) is 0 Å². The number of nitrogens with two attached hydrogens (primary N) is 2. The van der Waals surface area contributed by atoms with Crippen molar-refractivity contribution in [1.29, 1.82) is 5.41 Å². The summed E-state index contributed by atoms with van der Waals surface area (Å²) < 4.78 is 6.09. The zero-order valence-electron chi connectivity index (χ0n) is 18.2. The summed E-state index contributed by atoms with van der Waals surface area (Å²) in [5, 5.41) is 12.3. The maximum atomic E-state index is 11.3. The molecular formula is C25H27N5O3. The fraction of sp³-hybridized carbons (Fsp3) is 0.240. The molecule has 0 saturated carbocycles. The second kappa shape index (κ2) is 9.70. The van der Waals surface area contributed by atoms with Crippen LogP contribution in [0, 0.1) is 5.41 Å². The Morgan fingerprint density at radius 1 is 0.970 bits per heavy atom. The minimum absolute atomic E-state index is 0.0782. The number of nitrogen functional groups attached to an aromatic ring is 1. The molecule has 6 N–H and O–H groups in total. The zero-order chi connectivity index (χ0) is 23.4. The summed E-state index contributed by atoms with van der Waals surface area (Å²) in [6, 6.07) is 19.2. The van der Waals surface area contributed by atoms with Crippen LogP contribution in [-0.2, 0) is 16.1 Å². The van der Waals surface area contributed by atoms with E-state index in [9.17, 15) is 9.59 Å². The van der Waals surface area contributed by atoms with E-state index >= 15 is 0 Å². The molecule has 0 atom stereocenters. The molecule has 33 heavy (non-hydrogen) atoms. The van der Waals surface area contributed by atoms with Crippen LogP contribution in [0.25, 0.3) is 10.8 Å². The van der Waals surface area contributed by atoms with Crippen LogP contribution < -0.4 is 21.5 Å². The quantitative estimate of drug-likeness (QED) is 0.263. The van der Waals surface area contributed by atoms with Crippen molar-refractivity contribution < 1.29 is 14.3 Å². The predicted octanol–water partition coefficient (Wildman–Crippen LogP) is 2.59. The molecule has 0 bridgehead atoms. The van der Waals surface area contributed by atoms with Gasteiger partial charge >= 0.3 is 11.8 Å². The first kappa shape index (κ1) is 22.3. The van der Waals surface area contributed by atoms with E-state index in [0.29, 0.717) is 5.69 Å². The largest absolute Gasteiger partial charge is 0.490 e. The lowest BCUT2D eigenvalue weighted by molar-refractivity contribution is -0.134. The number of ether oxygens (including phenoxy) is 1. The first-order valence-corrected chi connectivity index (χ1v) is 10.8. The van der Waals surface area contributed by atoms with E-state index in [4.69, 9.17) is 21.6 Å². The highest BCUT2D eigenvalue weighted by atomic mass is 16.5. The number of piperidine rings is 1. The molecule has 1 fully saturated rings. The molecule has 0 unspecified atom stereocenters. The van der Waals surface area contributed by atoms with Crippen LogP contribution in [-0.4, -0.2) is 41.7 Å². The van der Waals surface area contributed by atoms with Crippen molar-refractivity contribution in [2.45, 2.75) is 25.5 Å². The van der Waals surface area contributed by atoms with Crippen molar-refractivity contribution >= 4 is 34.1 Å². The van der Waals surface area contributed by atoms with Gasteiger partial charge in [0.2, 0.25) is 0 Å². The Bertz CT molecular complexity index is 1180. The van der Waals surface area contributed by atoms with Gasteiger partial charge in [0.1, 0.15) is 17.7 Å². The van der Waals surface area contributed by atoms with Gasteiger partial charge < -0.3 is 21.5 Å². The summed E-state index contributed by atoms with van der Waals surface area (Å²) in [5.74, 6) is -1.07. The van der Waals surface area contributed by atoms with Crippen molar-refractivity contribution in [3.63, 3.8) is 0 Å². The minimum atomic E-state index is -1.02. The summed E-state index contributed by atoms with van der Waals surface area (Å²) in [6.07, 6.45) is 1.96. The van der Waals surface area contributed by atoms with Crippen molar-refractivity contribution in [2.75, 3.05) is 18.4 Å². The Hall–Kier alpha value is -3.91.